The van der Waals surface area contributed by atoms with Crippen LogP contribution in [0.4, 0.5) is 4.79 Å². The molecule has 0 radical (unpaired) electrons. The second-order valence-electron chi connectivity index (χ2n) is 5.69. The van der Waals surface area contributed by atoms with E-state index in [4.69, 9.17) is 4.74 Å². The second-order valence-corrected chi connectivity index (χ2v) is 5.69. The molecule has 0 aliphatic rings. The highest BCUT2D eigenvalue weighted by molar-refractivity contribution is 5.69. The first kappa shape index (κ1) is 18.7. The Morgan fingerprint density at radius 3 is 2.35 bits per heavy atom. The van der Waals surface area contributed by atoms with Crippen molar-refractivity contribution in [2.24, 2.45) is 0 Å². The van der Waals surface area contributed by atoms with Crippen LogP contribution in [0.3, 0.4) is 0 Å². The van der Waals surface area contributed by atoms with Gasteiger partial charge in [0.1, 0.15) is 5.60 Å². The molecule has 6 nitrogen and oxygen atoms in total. The number of carbonyl (C=O) groups excluding carboxylic acids is 2. The van der Waals surface area contributed by atoms with Gasteiger partial charge in [-0.3, -0.25) is 4.79 Å². The van der Waals surface area contributed by atoms with Gasteiger partial charge in [0.2, 0.25) is 0 Å². The van der Waals surface area contributed by atoms with Gasteiger partial charge in [-0.25, -0.2) is 4.79 Å². The quantitative estimate of drug-likeness (QED) is 0.526. The highest BCUT2D eigenvalue weighted by Gasteiger charge is 2.15. The average molecular weight is 288 g/mol. The summed E-state index contributed by atoms with van der Waals surface area (Å²) >= 11 is 0. The van der Waals surface area contributed by atoms with E-state index in [1.54, 1.807) is 0 Å². The van der Waals surface area contributed by atoms with E-state index in [0.717, 1.165) is 19.3 Å². The van der Waals surface area contributed by atoms with Crippen molar-refractivity contribution < 1.29 is 19.1 Å². The fourth-order valence-corrected chi connectivity index (χ4v) is 1.65. The summed E-state index contributed by atoms with van der Waals surface area (Å²) in [5, 5.41) is 5.79. The molecule has 0 bridgehead atoms. The van der Waals surface area contributed by atoms with Crippen molar-refractivity contribution in [3.05, 3.63) is 0 Å². The zero-order valence-electron chi connectivity index (χ0n) is 13.2. The number of methoxy groups -OCH3 is 1. The maximum absolute atomic E-state index is 11.4. The Kier molecular flexibility index (Phi) is 8.96. The van der Waals surface area contributed by atoms with Gasteiger partial charge in [-0.1, -0.05) is 6.42 Å². The van der Waals surface area contributed by atoms with Crippen molar-refractivity contribution >= 4 is 12.1 Å². The molecule has 0 aliphatic heterocycles. The number of nitrogens with one attached hydrogen (secondary N) is 2. The van der Waals surface area contributed by atoms with Crippen LogP contribution in [0.1, 0.15) is 46.5 Å². The Morgan fingerprint density at radius 1 is 1.20 bits per heavy atom. The number of esters is 1. The van der Waals surface area contributed by atoms with Gasteiger partial charge in [0.25, 0.3) is 0 Å². The van der Waals surface area contributed by atoms with Gasteiger partial charge in [0.05, 0.1) is 13.5 Å². The fourth-order valence-electron chi connectivity index (χ4n) is 1.65. The van der Waals surface area contributed by atoms with Crippen LogP contribution in [0.25, 0.3) is 0 Å². The van der Waals surface area contributed by atoms with Crippen molar-refractivity contribution in [3.8, 4) is 0 Å². The van der Waals surface area contributed by atoms with E-state index in [-0.39, 0.29) is 12.0 Å². The maximum Gasteiger partial charge on any atom is 0.407 e. The van der Waals surface area contributed by atoms with Crippen LogP contribution >= 0.6 is 0 Å². The lowest BCUT2D eigenvalue weighted by Gasteiger charge is -2.19. The highest BCUT2D eigenvalue weighted by atomic mass is 16.6. The van der Waals surface area contributed by atoms with E-state index < -0.39 is 11.7 Å². The molecule has 0 spiro atoms. The van der Waals surface area contributed by atoms with E-state index in [2.05, 4.69) is 15.4 Å². The number of amides is 1. The molecule has 0 fully saturated rings. The van der Waals surface area contributed by atoms with Gasteiger partial charge in [0.15, 0.2) is 0 Å². The van der Waals surface area contributed by atoms with Crippen LogP contribution in [0.2, 0.25) is 0 Å². The predicted octanol–water partition coefficient (Wildman–Crippen LogP) is 1.83. The molecule has 1 atom stereocenters. The SMILES string of the molecule is CNC(CCCCNC(=O)OC(C)(C)C)CC(=O)OC. The Bertz CT molecular complexity index is 300. The van der Waals surface area contributed by atoms with Crippen LogP contribution in [-0.4, -0.2) is 44.4 Å². The van der Waals surface area contributed by atoms with Gasteiger partial charge in [-0.2, -0.15) is 0 Å². The molecule has 0 aromatic carbocycles. The zero-order valence-corrected chi connectivity index (χ0v) is 13.2. The maximum atomic E-state index is 11.4. The molecule has 1 amide bonds. The Morgan fingerprint density at radius 2 is 1.85 bits per heavy atom. The highest BCUT2D eigenvalue weighted by Crippen LogP contribution is 2.07. The number of unbranched alkanes of at least 4 members (excludes halogenated alkanes) is 1. The minimum atomic E-state index is -0.470. The first-order chi connectivity index (χ1) is 9.28. The standard InChI is InChI=1S/C14H28N2O4/c1-14(2,3)20-13(18)16-9-7-6-8-11(15-4)10-12(17)19-5/h11,15H,6-10H2,1-5H3,(H,16,18). The summed E-state index contributed by atoms with van der Waals surface area (Å²) in [5.74, 6) is -0.212. The first-order valence-electron chi connectivity index (χ1n) is 6.99. The summed E-state index contributed by atoms with van der Waals surface area (Å²) in [6, 6.07) is 0.115. The molecule has 6 heteroatoms. The third kappa shape index (κ3) is 10.6. The van der Waals surface area contributed by atoms with E-state index in [0.29, 0.717) is 13.0 Å². The lowest BCUT2D eigenvalue weighted by atomic mass is 10.1. The smallest absolute Gasteiger partial charge is 0.407 e. The van der Waals surface area contributed by atoms with E-state index in [1.807, 2.05) is 27.8 Å². The van der Waals surface area contributed by atoms with Crippen LogP contribution in [0, 0.1) is 0 Å². The lowest BCUT2D eigenvalue weighted by molar-refractivity contribution is -0.141. The van der Waals surface area contributed by atoms with Crippen LogP contribution in [0.5, 0.6) is 0 Å². The number of hydrogen-bond acceptors (Lipinski definition) is 5. The lowest BCUT2D eigenvalue weighted by Crippen LogP contribution is -2.33. The molecule has 118 valence electrons. The number of alkyl carbamates (subject to hydrolysis) is 1. The van der Waals surface area contributed by atoms with Crippen LogP contribution in [-0.2, 0) is 14.3 Å². The normalized spacial score (nSPS) is 12.7. The van der Waals surface area contributed by atoms with Gasteiger partial charge < -0.3 is 20.1 Å². The average Bonchev–Trinajstić information content (AvgIpc) is 2.34. The number of carbonyl (C=O) groups is 2. The third-order valence-electron chi connectivity index (χ3n) is 2.70. The summed E-state index contributed by atoms with van der Waals surface area (Å²) in [6.45, 7) is 6.06. The van der Waals surface area contributed by atoms with Crippen molar-refractivity contribution in [3.63, 3.8) is 0 Å². The molecule has 20 heavy (non-hydrogen) atoms. The van der Waals surface area contributed by atoms with Crippen molar-refractivity contribution in [2.45, 2.75) is 58.1 Å². The summed E-state index contributed by atoms with van der Waals surface area (Å²) < 4.78 is 9.77. The summed E-state index contributed by atoms with van der Waals surface area (Å²) in [6.07, 6.45) is 2.60. The Hall–Kier alpha value is -1.30. The molecule has 0 rings (SSSR count). The molecule has 0 saturated carbocycles. The van der Waals surface area contributed by atoms with E-state index >= 15 is 0 Å². The molecule has 2 N–H and O–H groups in total. The predicted molar refractivity (Wildman–Crippen MR) is 77.6 cm³/mol. The monoisotopic (exact) mass is 288 g/mol. The Labute approximate surface area is 121 Å². The molecule has 0 aliphatic carbocycles. The second kappa shape index (κ2) is 9.58. The minimum Gasteiger partial charge on any atom is -0.469 e. The van der Waals surface area contributed by atoms with Crippen molar-refractivity contribution in [2.75, 3.05) is 20.7 Å². The molecule has 1 unspecified atom stereocenters. The first-order valence-corrected chi connectivity index (χ1v) is 6.99. The van der Waals surface area contributed by atoms with Crippen molar-refractivity contribution in [1.29, 1.82) is 0 Å². The third-order valence-corrected chi connectivity index (χ3v) is 2.70. The van der Waals surface area contributed by atoms with Gasteiger partial charge in [-0.05, 0) is 40.7 Å². The topological polar surface area (TPSA) is 76.7 Å². The largest absolute Gasteiger partial charge is 0.469 e. The molecule has 0 saturated heterocycles. The summed E-state index contributed by atoms with van der Waals surface area (Å²) in [5.41, 5.74) is -0.470. The molecule has 0 aromatic heterocycles. The summed E-state index contributed by atoms with van der Waals surface area (Å²) in [4.78, 5) is 22.5. The number of ether oxygens (including phenoxy) is 2. The van der Waals surface area contributed by atoms with Gasteiger partial charge in [0, 0.05) is 12.6 Å². The van der Waals surface area contributed by atoms with Crippen molar-refractivity contribution in [1.82, 2.24) is 10.6 Å². The van der Waals surface area contributed by atoms with Gasteiger partial charge >= 0.3 is 12.1 Å². The Balaban J connectivity index is 3.69. The molecular formula is C14H28N2O4. The fraction of sp³-hybridized carbons (Fsp3) is 0.857. The van der Waals surface area contributed by atoms with E-state index in [1.165, 1.54) is 7.11 Å². The number of rotatable bonds is 8. The molecule has 0 heterocycles. The van der Waals surface area contributed by atoms with Crippen LogP contribution < -0.4 is 10.6 Å². The molecular weight excluding hydrogens is 260 g/mol. The zero-order chi connectivity index (χ0) is 15.6. The van der Waals surface area contributed by atoms with Crippen LogP contribution in [0.15, 0.2) is 0 Å². The number of hydrogen-bond donors (Lipinski definition) is 2. The van der Waals surface area contributed by atoms with E-state index in [9.17, 15) is 9.59 Å². The van der Waals surface area contributed by atoms with Gasteiger partial charge in [-0.15, -0.1) is 0 Å². The minimum absolute atomic E-state index is 0.115. The summed E-state index contributed by atoms with van der Waals surface area (Å²) in [7, 11) is 3.21. The molecule has 0 aromatic rings.